The predicted octanol–water partition coefficient (Wildman–Crippen LogP) is 14.3. The van der Waals surface area contributed by atoms with Gasteiger partial charge in [0.15, 0.2) is 0 Å². The molecule has 10 rings (SSSR count). The third kappa shape index (κ3) is 6.22. The topological polar surface area (TPSA) is 6.48 Å². The van der Waals surface area contributed by atoms with E-state index in [-0.39, 0.29) is 12.0 Å². The predicted molar refractivity (Wildman–Crippen MR) is 236 cm³/mol. The molecular weight excluding hydrogens is 677 g/mol. The molecule has 2 heteroatoms. The second kappa shape index (κ2) is 14.6. The van der Waals surface area contributed by atoms with Crippen LogP contribution in [-0.4, -0.2) is 6.04 Å². The van der Waals surface area contributed by atoms with Crippen molar-refractivity contribution in [2.24, 2.45) is 0 Å². The van der Waals surface area contributed by atoms with Crippen LogP contribution in [0, 0.1) is 0 Å². The number of fused-ring (bicyclic) bond motifs is 3. The smallest absolute Gasteiger partial charge is 0.0649 e. The lowest BCUT2D eigenvalue weighted by molar-refractivity contribution is 0.735. The van der Waals surface area contributed by atoms with E-state index in [2.05, 4.69) is 240 Å². The highest BCUT2D eigenvalue weighted by molar-refractivity contribution is 5.89. The molecule has 0 radical (unpaired) electrons. The summed E-state index contributed by atoms with van der Waals surface area (Å²) in [5.74, 6) is 0.249. The Morgan fingerprint density at radius 1 is 0.393 bits per heavy atom. The van der Waals surface area contributed by atoms with E-state index in [0.29, 0.717) is 0 Å². The monoisotopic (exact) mass is 716 g/mol. The highest BCUT2D eigenvalue weighted by Crippen LogP contribution is 2.49. The van der Waals surface area contributed by atoms with Gasteiger partial charge in [0.1, 0.15) is 0 Å². The van der Waals surface area contributed by atoms with Crippen LogP contribution in [0.1, 0.15) is 11.5 Å². The van der Waals surface area contributed by atoms with Gasteiger partial charge in [-0.15, -0.1) is 0 Å². The summed E-state index contributed by atoms with van der Waals surface area (Å²) in [6.07, 6.45) is 7.21. The van der Waals surface area contributed by atoms with E-state index in [9.17, 15) is 0 Å². The van der Waals surface area contributed by atoms with Crippen molar-refractivity contribution in [2.75, 3.05) is 9.80 Å². The molecule has 2 aliphatic rings. The third-order valence-corrected chi connectivity index (χ3v) is 11.2. The minimum absolute atomic E-state index is 0.122. The quantitative estimate of drug-likeness (QED) is 0.154. The highest BCUT2D eigenvalue weighted by Gasteiger charge is 2.39. The summed E-state index contributed by atoms with van der Waals surface area (Å²) in [4.78, 5) is 4.94. The zero-order chi connectivity index (χ0) is 37.3. The van der Waals surface area contributed by atoms with E-state index >= 15 is 0 Å². The lowest BCUT2D eigenvalue weighted by atomic mass is 9.89. The first-order valence-electron chi connectivity index (χ1n) is 19.4. The molecule has 1 aliphatic carbocycles. The maximum atomic E-state index is 2.51. The lowest BCUT2D eigenvalue weighted by Crippen LogP contribution is -2.31. The Balaban J connectivity index is 1.11. The Morgan fingerprint density at radius 2 is 0.875 bits per heavy atom. The summed E-state index contributed by atoms with van der Waals surface area (Å²) in [6, 6.07) is 76.8. The molecule has 0 saturated heterocycles. The first-order chi connectivity index (χ1) is 27.8. The Morgan fingerprint density at radius 3 is 1.52 bits per heavy atom. The van der Waals surface area contributed by atoms with Crippen molar-refractivity contribution >= 4 is 22.7 Å². The van der Waals surface area contributed by atoms with E-state index in [1.165, 1.54) is 61.4 Å². The van der Waals surface area contributed by atoms with Crippen molar-refractivity contribution in [1.82, 2.24) is 0 Å². The number of hydrogen-bond donors (Lipinski definition) is 0. The average Bonchev–Trinajstić information content (AvgIpc) is 3.62. The molecule has 0 saturated carbocycles. The van der Waals surface area contributed by atoms with Crippen LogP contribution < -0.4 is 9.80 Å². The molecule has 0 amide bonds. The molecule has 2 nitrogen and oxygen atoms in total. The first kappa shape index (κ1) is 33.4. The fourth-order valence-corrected chi connectivity index (χ4v) is 8.50. The molecule has 8 aromatic rings. The van der Waals surface area contributed by atoms with Gasteiger partial charge in [0, 0.05) is 34.4 Å². The van der Waals surface area contributed by atoms with Gasteiger partial charge >= 0.3 is 0 Å². The molecule has 8 aromatic carbocycles. The van der Waals surface area contributed by atoms with Crippen LogP contribution in [-0.2, 0) is 0 Å². The van der Waals surface area contributed by atoms with Crippen molar-refractivity contribution < 1.29 is 0 Å². The largest absolute Gasteiger partial charge is 0.333 e. The number of benzene rings is 8. The minimum Gasteiger partial charge on any atom is -0.333 e. The summed E-state index contributed by atoms with van der Waals surface area (Å²) >= 11 is 0. The molecule has 266 valence electrons. The van der Waals surface area contributed by atoms with Gasteiger partial charge in [-0.1, -0.05) is 176 Å². The summed E-state index contributed by atoms with van der Waals surface area (Å²) in [6.45, 7) is 0. The summed E-state index contributed by atoms with van der Waals surface area (Å²) in [5, 5.41) is 0. The third-order valence-electron chi connectivity index (χ3n) is 11.2. The number of nitrogens with zero attached hydrogens (tertiary/aromatic N) is 2. The van der Waals surface area contributed by atoms with Gasteiger partial charge < -0.3 is 9.80 Å². The standard InChI is InChI=1S/C54H40N2/c1-5-15-39(16-6-1)41-25-27-44(28-26-41)49-35-33-47(37-52(49)43-19-9-3-10-20-43)55(46-31-29-42(30-32-46)40-17-7-2-8-18-40)48-34-36-51-50-23-13-14-24-53(50)56(54(51)38-48)45-21-11-4-12-22-45/h1-38,51,54H. The van der Waals surface area contributed by atoms with Gasteiger partial charge in [0.05, 0.1) is 6.04 Å². The van der Waals surface area contributed by atoms with Crippen molar-refractivity contribution in [3.05, 3.63) is 242 Å². The lowest BCUT2D eigenvalue weighted by Gasteiger charge is -2.34. The van der Waals surface area contributed by atoms with Crippen LogP contribution in [0.15, 0.2) is 236 Å². The van der Waals surface area contributed by atoms with Gasteiger partial charge in [0.25, 0.3) is 0 Å². The molecule has 1 aliphatic heterocycles. The van der Waals surface area contributed by atoms with E-state index in [4.69, 9.17) is 0 Å². The van der Waals surface area contributed by atoms with Crippen molar-refractivity contribution in [2.45, 2.75) is 12.0 Å². The number of allylic oxidation sites excluding steroid dienone is 1. The molecule has 2 unspecified atom stereocenters. The number of anilines is 4. The molecule has 2 atom stereocenters. The van der Waals surface area contributed by atoms with Gasteiger partial charge in [-0.25, -0.2) is 0 Å². The minimum atomic E-state index is 0.122. The Bertz CT molecular complexity index is 2660. The zero-order valence-electron chi connectivity index (χ0n) is 31.0. The normalized spacial score (nSPS) is 15.5. The van der Waals surface area contributed by atoms with Crippen LogP contribution in [0.4, 0.5) is 22.7 Å². The molecule has 56 heavy (non-hydrogen) atoms. The van der Waals surface area contributed by atoms with Crippen molar-refractivity contribution in [3.63, 3.8) is 0 Å². The van der Waals surface area contributed by atoms with Gasteiger partial charge in [-0.2, -0.15) is 0 Å². The van der Waals surface area contributed by atoms with Crippen LogP contribution in [0.3, 0.4) is 0 Å². The maximum absolute atomic E-state index is 2.51. The van der Waals surface area contributed by atoms with Crippen LogP contribution in [0.25, 0.3) is 44.5 Å². The molecule has 0 fully saturated rings. The molecule has 1 heterocycles. The number of hydrogen-bond acceptors (Lipinski definition) is 2. The van der Waals surface area contributed by atoms with Gasteiger partial charge in [-0.05, 0) is 105 Å². The van der Waals surface area contributed by atoms with E-state index in [0.717, 1.165) is 17.1 Å². The summed E-state index contributed by atoms with van der Waals surface area (Å²) < 4.78 is 0. The Hall–Kier alpha value is -7.16. The number of para-hydroxylation sites is 2. The van der Waals surface area contributed by atoms with E-state index < -0.39 is 0 Å². The van der Waals surface area contributed by atoms with E-state index in [1.807, 2.05) is 0 Å². The molecule has 0 spiro atoms. The highest BCUT2D eigenvalue weighted by atomic mass is 15.2. The van der Waals surface area contributed by atoms with Crippen molar-refractivity contribution in [3.8, 4) is 44.5 Å². The van der Waals surface area contributed by atoms with Crippen LogP contribution >= 0.6 is 0 Å². The average molecular weight is 717 g/mol. The summed E-state index contributed by atoms with van der Waals surface area (Å²) in [5.41, 5.74) is 16.8. The molecule has 0 bridgehead atoms. The fourth-order valence-electron chi connectivity index (χ4n) is 8.50. The van der Waals surface area contributed by atoms with E-state index in [1.54, 1.807) is 0 Å². The molecule has 0 aromatic heterocycles. The van der Waals surface area contributed by atoms with Gasteiger partial charge in [-0.3, -0.25) is 0 Å². The first-order valence-corrected chi connectivity index (χ1v) is 19.4. The second-order valence-corrected chi connectivity index (χ2v) is 14.5. The van der Waals surface area contributed by atoms with Crippen molar-refractivity contribution in [1.29, 1.82) is 0 Å². The second-order valence-electron chi connectivity index (χ2n) is 14.5. The number of rotatable bonds is 8. The Kier molecular flexibility index (Phi) is 8.70. The molecular formula is C54H40N2. The Labute approximate surface area is 329 Å². The van der Waals surface area contributed by atoms with Crippen LogP contribution in [0.5, 0.6) is 0 Å². The van der Waals surface area contributed by atoms with Crippen LogP contribution in [0.2, 0.25) is 0 Å². The maximum Gasteiger partial charge on any atom is 0.0649 e. The molecule has 0 N–H and O–H groups in total. The summed E-state index contributed by atoms with van der Waals surface area (Å²) in [7, 11) is 0. The van der Waals surface area contributed by atoms with Gasteiger partial charge in [0.2, 0.25) is 0 Å². The fraction of sp³-hybridized carbons (Fsp3) is 0.0370. The zero-order valence-corrected chi connectivity index (χ0v) is 31.0. The SMILES string of the molecule is C1=CC2c3ccccc3N(c3ccccc3)C2C=C1N(c1ccc(-c2ccccc2)cc1)c1ccc(-c2ccc(-c3ccccc3)cc2)c(-c2ccccc2)c1.